The molecule has 0 radical (unpaired) electrons. The summed E-state index contributed by atoms with van der Waals surface area (Å²) in [5, 5.41) is 9.87. The predicted octanol–water partition coefficient (Wildman–Crippen LogP) is 4.26. The number of nitrogens with zero attached hydrogens (tertiary/aromatic N) is 1. The van der Waals surface area contributed by atoms with E-state index in [9.17, 15) is 9.50 Å². The lowest BCUT2D eigenvalue weighted by Gasteiger charge is -2.24. The van der Waals surface area contributed by atoms with Gasteiger partial charge < -0.3 is 10.0 Å². The van der Waals surface area contributed by atoms with Crippen LogP contribution in [0.3, 0.4) is 0 Å². The van der Waals surface area contributed by atoms with Gasteiger partial charge in [0.1, 0.15) is 5.82 Å². The van der Waals surface area contributed by atoms with Gasteiger partial charge in [-0.3, -0.25) is 0 Å². The minimum Gasteiger partial charge on any atom is -0.389 e. The number of aliphatic hydroxyl groups is 1. The number of rotatable bonds is 3. The van der Waals surface area contributed by atoms with Gasteiger partial charge in [0.05, 0.1) is 6.10 Å². The number of halogens is 1. The van der Waals surface area contributed by atoms with Crippen LogP contribution in [0.5, 0.6) is 0 Å². The largest absolute Gasteiger partial charge is 0.389 e. The maximum Gasteiger partial charge on any atom is 0.126 e. The first-order valence-electron chi connectivity index (χ1n) is 6.68. The molecule has 0 aromatic heterocycles. The van der Waals surface area contributed by atoms with Crippen molar-refractivity contribution in [3.63, 3.8) is 0 Å². The highest BCUT2D eigenvalue weighted by Crippen LogP contribution is 2.33. The molecule has 0 aliphatic heterocycles. The van der Waals surface area contributed by atoms with Crippen LogP contribution in [0, 0.1) is 19.7 Å². The van der Waals surface area contributed by atoms with Gasteiger partial charge in [-0.05, 0) is 50.6 Å². The molecular weight excluding hydrogens is 253 g/mol. The Hall–Kier alpha value is -1.87. The average Bonchev–Trinajstić information content (AvgIpc) is 2.41. The number of hydrogen-bond acceptors (Lipinski definition) is 2. The van der Waals surface area contributed by atoms with Crippen molar-refractivity contribution in [3.8, 4) is 0 Å². The zero-order chi connectivity index (χ0) is 14.9. The summed E-state index contributed by atoms with van der Waals surface area (Å²) in [5.74, 6) is -0.290. The molecule has 0 aliphatic carbocycles. The molecule has 2 rings (SSSR count). The van der Waals surface area contributed by atoms with E-state index in [0.717, 1.165) is 11.4 Å². The average molecular weight is 273 g/mol. The molecule has 1 atom stereocenters. The summed E-state index contributed by atoms with van der Waals surface area (Å²) in [7, 11) is 1.92. The van der Waals surface area contributed by atoms with Gasteiger partial charge >= 0.3 is 0 Å². The third kappa shape index (κ3) is 2.83. The highest BCUT2D eigenvalue weighted by molar-refractivity contribution is 5.67. The lowest BCUT2D eigenvalue weighted by Crippen LogP contribution is -2.13. The van der Waals surface area contributed by atoms with E-state index < -0.39 is 6.10 Å². The molecule has 0 unspecified atom stereocenters. The van der Waals surface area contributed by atoms with Crippen molar-refractivity contribution in [1.82, 2.24) is 0 Å². The first-order chi connectivity index (χ1) is 9.40. The number of aryl methyl sites for hydroxylation is 2. The first kappa shape index (κ1) is 14.5. The second kappa shape index (κ2) is 5.63. The highest BCUT2D eigenvalue weighted by Gasteiger charge is 2.15. The number of hydrogen-bond donors (Lipinski definition) is 1. The zero-order valence-electron chi connectivity index (χ0n) is 12.3. The number of benzene rings is 2. The van der Waals surface area contributed by atoms with E-state index in [-0.39, 0.29) is 5.82 Å². The number of aliphatic hydroxyl groups excluding tert-OH is 1. The highest BCUT2D eigenvalue weighted by atomic mass is 19.1. The van der Waals surface area contributed by atoms with Crippen molar-refractivity contribution < 1.29 is 9.50 Å². The van der Waals surface area contributed by atoms with Gasteiger partial charge in [0.2, 0.25) is 0 Å². The van der Waals surface area contributed by atoms with Gasteiger partial charge in [0.25, 0.3) is 0 Å². The molecule has 2 aromatic carbocycles. The summed E-state index contributed by atoms with van der Waals surface area (Å²) in [6.07, 6.45) is -0.715. The molecule has 20 heavy (non-hydrogen) atoms. The fourth-order valence-corrected chi connectivity index (χ4v) is 2.21. The minimum atomic E-state index is -0.715. The molecule has 0 fully saturated rings. The third-order valence-electron chi connectivity index (χ3n) is 3.54. The second-order valence-electron chi connectivity index (χ2n) is 5.23. The molecule has 3 heteroatoms. The molecule has 0 aliphatic rings. The predicted molar refractivity (Wildman–Crippen MR) is 81.0 cm³/mol. The maximum atomic E-state index is 13.7. The summed E-state index contributed by atoms with van der Waals surface area (Å²) in [5.41, 5.74) is 4.18. The minimum absolute atomic E-state index is 0.290. The molecule has 2 aromatic rings. The van der Waals surface area contributed by atoms with Crippen molar-refractivity contribution in [1.29, 1.82) is 0 Å². The van der Waals surface area contributed by atoms with E-state index in [1.54, 1.807) is 19.9 Å². The topological polar surface area (TPSA) is 23.5 Å². The Kier molecular flexibility index (Phi) is 4.09. The van der Waals surface area contributed by atoms with Crippen molar-refractivity contribution in [2.24, 2.45) is 0 Å². The normalized spacial score (nSPS) is 12.3. The smallest absolute Gasteiger partial charge is 0.126 e. The van der Waals surface area contributed by atoms with Gasteiger partial charge in [-0.1, -0.05) is 17.7 Å². The van der Waals surface area contributed by atoms with Gasteiger partial charge in [-0.15, -0.1) is 0 Å². The van der Waals surface area contributed by atoms with Crippen LogP contribution in [-0.2, 0) is 0 Å². The Bertz CT molecular complexity index is 605. The van der Waals surface area contributed by atoms with Crippen LogP contribution >= 0.6 is 0 Å². The van der Waals surface area contributed by atoms with Gasteiger partial charge in [0, 0.05) is 24.0 Å². The Morgan fingerprint density at radius 2 is 1.70 bits per heavy atom. The van der Waals surface area contributed by atoms with Gasteiger partial charge in [-0.2, -0.15) is 0 Å². The van der Waals surface area contributed by atoms with E-state index in [2.05, 4.69) is 0 Å². The van der Waals surface area contributed by atoms with Crippen molar-refractivity contribution in [2.75, 3.05) is 11.9 Å². The molecule has 0 amide bonds. The Labute approximate surface area is 119 Å². The molecule has 0 bridgehead atoms. The summed E-state index contributed by atoms with van der Waals surface area (Å²) in [4.78, 5) is 1.97. The van der Waals surface area contributed by atoms with Crippen LogP contribution in [0.25, 0.3) is 0 Å². The van der Waals surface area contributed by atoms with Crippen molar-refractivity contribution in [3.05, 3.63) is 58.9 Å². The molecule has 0 spiro atoms. The summed E-state index contributed by atoms with van der Waals surface area (Å²) in [6.45, 7) is 5.41. The van der Waals surface area contributed by atoms with Crippen LogP contribution in [-0.4, -0.2) is 12.2 Å². The van der Waals surface area contributed by atoms with Gasteiger partial charge in [0.15, 0.2) is 0 Å². The molecule has 1 N–H and O–H groups in total. The van der Waals surface area contributed by atoms with Crippen LogP contribution in [0.2, 0.25) is 0 Å². The molecule has 2 nitrogen and oxygen atoms in total. The van der Waals surface area contributed by atoms with Crippen LogP contribution in [0.4, 0.5) is 15.8 Å². The molecule has 106 valence electrons. The lowest BCUT2D eigenvalue weighted by molar-refractivity contribution is 0.199. The summed E-state index contributed by atoms with van der Waals surface area (Å²) >= 11 is 0. The first-order valence-corrected chi connectivity index (χ1v) is 6.68. The Balaban J connectivity index is 2.50. The Morgan fingerprint density at radius 3 is 2.25 bits per heavy atom. The zero-order valence-corrected chi connectivity index (χ0v) is 12.3. The Morgan fingerprint density at radius 1 is 1.10 bits per heavy atom. The van der Waals surface area contributed by atoms with Crippen LogP contribution in [0.15, 0.2) is 36.4 Å². The quantitative estimate of drug-likeness (QED) is 0.903. The van der Waals surface area contributed by atoms with E-state index in [0.29, 0.717) is 11.1 Å². The fraction of sp³-hybridized carbons (Fsp3) is 0.294. The summed E-state index contributed by atoms with van der Waals surface area (Å²) < 4.78 is 13.7. The second-order valence-corrected chi connectivity index (χ2v) is 5.23. The van der Waals surface area contributed by atoms with Crippen molar-refractivity contribution in [2.45, 2.75) is 26.9 Å². The number of anilines is 2. The van der Waals surface area contributed by atoms with E-state index >= 15 is 0 Å². The molecule has 0 heterocycles. The van der Waals surface area contributed by atoms with Crippen molar-refractivity contribution >= 4 is 11.4 Å². The van der Waals surface area contributed by atoms with Crippen LogP contribution in [0.1, 0.15) is 29.7 Å². The lowest BCUT2D eigenvalue weighted by atomic mass is 10.0. The monoisotopic (exact) mass is 273 g/mol. The molecule has 0 saturated carbocycles. The standard InChI is InChI=1S/C17H20FNO/c1-11-5-7-14(8-6-11)19(4)17-9-12(2)16(18)10-15(17)13(3)20/h5-10,13,20H,1-4H3/t13-/m1/s1. The fourth-order valence-electron chi connectivity index (χ4n) is 2.21. The maximum absolute atomic E-state index is 13.7. The van der Waals surface area contributed by atoms with E-state index in [4.69, 9.17) is 0 Å². The van der Waals surface area contributed by atoms with Crippen LogP contribution < -0.4 is 4.90 Å². The van der Waals surface area contributed by atoms with E-state index in [1.807, 2.05) is 43.1 Å². The summed E-state index contributed by atoms with van der Waals surface area (Å²) in [6, 6.07) is 11.3. The molecular formula is C17H20FNO. The van der Waals surface area contributed by atoms with Gasteiger partial charge in [-0.25, -0.2) is 4.39 Å². The van der Waals surface area contributed by atoms with E-state index in [1.165, 1.54) is 11.6 Å². The molecule has 0 saturated heterocycles. The third-order valence-corrected chi connectivity index (χ3v) is 3.54. The SMILES string of the molecule is Cc1ccc(N(C)c2cc(C)c(F)cc2[C@@H](C)O)cc1.